The van der Waals surface area contributed by atoms with E-state index in [1.807, 2.05) is 0 Å². The zero-order valence-electron chi connectivity index (χ0n) is 10.8. The number of hydrogen-bond donors (Lipinski definition) is 2. The normalized spacial score (nSPS) is 13.0. The first-order chi connectivity index (χ1) is 6.90. The Balaban J connectivity index is 3.85. The molecule has 0 radical (unpaired) electrons. The van der Waals surface area contributed by atoms with Gasteiger partial charge in [-0.15, -0.1) is 0 Å². The first-order valence-electron chi connectivity index (χ1n) is 5.70. The van der Waals surface area contributed by atoms with Gasteiger partial charge in [-0.25, -0.2) is 0 Å². The molecule has 90 valence electrons. The summed E-state index contributed by atoms with van der Waals surface area (Å²) in [5.41, 5.74) is 5.99. The lowest BCUT2D eigenvalue weighted by Gasteiger charge is -2.21. The number of nitrogens with one attached hydrogen (secondary N) is 1. The van der Waals surface area contributed by atoms with Crippen LogP contribution in [0.5, 0.6) is 0 Å². The highest BCUT2D eigenvalue weighted by atomic mass is 15.2. The molecule has 0 aliphatic heterocycles. The van der Waals surface area contributed by atoms with Crippen LogP contribution in [0.1, 0.15) is 34.6 Å². The number of aliphatic imine (C=N–C) groups is 1. The van der Waals surface area contributed by atoms with Crippen LogP contribution in [0.3, 0.4) is 0 Å². The van der Waals surface area contributed by atoms with Crippen LogP contribution in [0, 0.1) is 0 Å². The zero-order valence-corrected chi connectivity index (χ0v) is 10.8. The largest absolute Gasteiger partial charge is 0.370 e. The van der Waals surface area contributed by atoms with Gasteiger partial charge in [0, 0.05) is 25.2 Å². The third-order valence-corrected chi connectivity index (χ3v) is 2.13. The summed E-state index contributed by atoms with van der Waals surface area (Å²) in [5, 5.41) is 3.37. The summed E-state index contributed by atoms with van der Waals surface area (Å²) in [6, 6.07) is 0. The van der Waals surface area contributed by atoms with Crippen molar-refractivity contribution in [3.63, 3.8) is 0 Å². The molecule has 0 heterocycles. The van der Waals surface area contributed by atoms with Crippen LogP contribution in [-0.4, -0.2) is 42.6 Å². The predicted octanol–water partition coefficient (Wildman–Crippen LogP) is 1.03. The van der Waals surface area contributed by atoms with Gasteiger partial charge in [-0.2, -0.15) is 0 Å². The van der Waals surface area contributed by atoms with Gasteiger partial charge in [-0.3, -0.25) is 4.99 Å². The quantitative estimate of drug-likeness (QED) is 0.408. The molecule has 0 rings (SSSR count). The average molecular weight is 214 g/mol. The Kier molecular flexibility index (Phi) is 6.32. The molecule has 0 aromatic heterocycles. The van der Waals surface area contributed by atoms with Gasteiger partial charge in [0.15, 0.2) is 5.96 Å². The second-order valence-electron chi connectivity index (χ2n) is 4.59. The van der Waals surface area contributed by atoms with E-state index in [1.54, 1.807) is 0 Å². The van der Waals surface area contributed by atoms with Crippen molar-refractivity contribution in [2.45, 2.75) is 40.2 Å². The van der Waals surface area contributed by atoms with E-state index in [0.717, 1.165) is 26.2 Å². The number of guanidine groups is 1. The minimum absolute atomic E-state index is 0.152. The molecule has 0 unspecified atom stereocenters. The second kappa shape index (κ2) is 6.67. The Labute approximate surface area is 93.9 Å². The van der Waals surface area contributed by atoms with E-state index in [9.17, 15) is 0 Å². The molecule has 0 saturated carbocycles. The van der Waals surface area contributed by atoms with Crippen molar-refractivity contribution in [1.29, 1.82) is 0 Å². The van der Waals surface area contributed by atoms with E-state index in [1.165, 1.54) is 0 Å². The van der Waals surface area contributed by atoms with Crippen molar-refractivity contribution in [3.8, 4) is 0 Å². The lowest BCUT2D eigenvalue weighted by molar-refractivity contribution is 0.429. The number of nitrogens with zero attached hydrogens (tertiary/aromatic N) is 2. The van der Waals surface area contributed by atoms with Crippen molar-refractivity contribution in [3.05, 3.63) is 0 Å². The van der Waals surface area contributed by atoms with Crippen LogP contribution in [0.2, 0.25) is 0 Å². The summed E-state index contributed by atoms with van der Waals surface area (Å²) >= 11 is 0. The molecule has 0 amide bonds. The fourth-order valence-electron chi connectivity index (χ4n) is 1.25. The van der Waals surface area contributed by atoms with Crippen LogP contribution < -0.4 is 11.1 Å². The maximum atomic E-state index is 5.84. The first kappa shape index (κ1) is 14.2. The fourth-order valence-corrected chi connectivity index (χ4v) is 1.25. The monoisotopic (exact) mass is 214 g/mol. The van der Waals surface area contributed by atoms with Crippen molar-refractivity contribution in [2.75, 3.05) is 26.2 Å². The molecule has 3 N–H and O–H groups in total. The van der Waals surface area contributed by atoms with Crippen molar-refractivity contribution in [2.24, 2.45) is 10.7 Å². The van der Waals surface area contributed by atoms with Gasteiger partial charge >= 0.3 is 0 Å². The van der Waals surface area contributed by atoms with Crippen LogP contribution >= 0.6 is 0 Å². The van der Waals surface area contributed by atoms with E-state index in [-0.39, 0.29) is 5.54 Å². The lowest BCUT2D eigenvalue weighted by Crippen LogP contribution is -2.39. The van der Waals surface area contributed by atoms with Gasteiger partial charge in [-0.1, -0.05) is 0 Å². The Bertz CT molecular complexity index is 189. The maximum absolute atomic E-state index is 5.84. The molecule has 0 fully saturated rings. The Morgan fingerprint density at radius 2 is 1.80 bits per heavy atom. The van der Waals surface area contributed by atoms with Crippen LogP contribution in [-0.2, 0) is 0 Å². The molecule has 0 aromatic carbocycles. The van der Waals surface area contributed by atoms with Gasteiger partial charge in [0.05, 0.1) is 6.54 Å². The second-order valence-corrected chi connectivity index (χ2v) is 4.59. The minimum Gasteiger partial charge on any atom is -0.370 e. The van der Waals surface area contributed by atoms with Crippen LogP contribution in [0.15, 0.2) is 4.99 Å². The Hall–Kier alpha value is -0.770. The van der Waals surface area contributed by atoms with E-state index in [0.29, 0.717) is 5.96 Å². The topological polar surface area (TPSA) is 53.6 Å². The molecular weight excluding hydrogens is 188 g/mol. The molecule has 0 atom stereocenters. The summed E-state index contributed by atoms with van der Waals surface area (Å²) in [4.78, 5) is 6.38. The molecule has 4 heteroatoms. The minimum atomic E-state index is 0.152. The predicted molar refractivity (Wildman–Crippen MR) is 67.2 cm³/mol. The molecule has 0 aliphatic carbocycles. The maximum Gasteiger partial charge on any atom is 0.191 e. The molecule has 0 saturated heterocycles. The summed E-state index contributed by atoms with van der Waals surface area (Å²) in [6.07, 6.45) is 0. The summed E-state index contributed by atoms with van der Waals surface area (Å²) in [6.45, 7) is 14.0. The lowest BCUT2D eigenvalue weighted by atomic mass is 10.1. The average Bonchev–Trinajstić information content (AvgIpc) is 2.13. The van der Waals surface area contributed by atoms with Gasteiger partial charge < -0.3 is 16.0 Å². The first-order valence-corrected chi connectivity index (χ1v) is 5.70. The van der Waals surface area contributed by atoms with E-state index in [4.69, 9.17) is 5.73 Å². The highest BCUT2D eigenvalue weighted by Crippen LogP contribution is 1.96. The van der Waals surface area contributed by atoms with Gasteiger partial charge in [0.25, 0.3) is 0 Å². The highest BCUT2D eigenvalue weighted by Gasteiger charge is 2.07. The van der Waals surface area contributed by atoms with Crippen molar-refractivity contribution < 1.29 is 0 Å². The van der Waals surface area contributed by atoms with Crippen molar-refractivity contribution >= 4 is 5.96 Å². The number of nitrogens with two attached hydrogens (primary N) is 1. The van der Waals surface area contributed by atoms with Crippen LogP contribution in [0.25, 0.3) is 0 Å². The zero-order chi connectivity index (χ0) is 11.9. The smallest absolute Gasteiger partial charge is 0.191 e. The molecule has 0 aliphatic rings. The van der Waals surface area contributed by atoms with E-state index in [2.05, 4.69) is 49.8 Å². The molecule has 0 spiro atoms. The fraction of sp³-hybridized carbons (Fsp3) is 0.909. The highest BCUT2D eigenvalue weighted by molar-refractivity contribution is 5.77. The standard InChI is InChI=1S/C11H26N4/c1-6-15(7-2)10(12)13-8-9-14-11(3,4)5/h14H,6-9H2,1-5H3,(H2,12,13). The third kappa shape index (κ3) is 7.19. The third-order valence-electron chi connectivity index (χ3n) is 2.13. The molecule has 15 heavy (non-hydrogen) atoms. The van der Waals surface area contributed by atoms with E-state index >= 15 is 0 Å². The molecule has 4 nitrogen and oxygen atoms in total. The van der Waals surface area contributed by atoms with Gasteiger partial charge in [0.2, 0.25) is 0 Å². The Morgan fingerprint density at radius 1 is 1.27 bits per heavy atom. The molecule has 0 aromatic rings. The SMILES string of the molecule is CCN(CC)C(N)=NCCNC(C)(C)C. The molecular formula is C11H26N4. The van der Waals surface area contributed by atoms with Crippen molar-refractivity contribution in [1.82, 2.24) is 10.2 Å². The van der Waals surface area contributed by atoms with E-state index < -0.39 is 0 Å². The van der Waals surface area contributed by atoms with Gasteiger partial charge in [0.1, 0.15) is 0 Å². The summed E-state index contributed by atoms with van der Waals surface area (Å²) in [7, 11) is 0. The Morgan fingerprint density at radius 3 is 2.20 bits per heavy atom. The summed E-state index contributed by atoms with van der Waals surface area (Å²) in [5.74, 6) is 0.649. The van der Waals surface area contributed by atoms with Crippen LogP contribution in [0.4, 0.5) is 0 Å². The van der Waals surface area contributed by atoms with Gasteiger partial charge in [-0.05, 0) is 34.6 Å². The molecule has 0 bridgehead atoms. The summed E-state index contributed by atoms with van der Waals surface area (Å²) < 4.78 is 0. The number of rotatable bonds is 5. The number of hydrogen-bond acceptors (Lipinski definition) is 2.